The third kappa shape index (κ3) is 9.00. The van der Waals surface area contributed by atoms with Gasteiger partial charge in [0.05, 0.1) is 7.11 Å². The molecule has 0 saturated heterocycles. The van der Waals surface area contributed by atoms with Crippen molar-refractivity contribution in [3.63, 3.8) is 0 Å². The molecule has 1 aliphatic carbocycles. The lowest BCUT2D eigenvalue weighted by molar-refractivity contribution is -0.140. The molecule has 0 spiro atoms. The molecule has 0 unspecified atom stereocenters. The normalized spacial score (nSPS) is 17.9. The van der Waals surface area contributed by atoms with Gasteiger partial charge < -0.3 is 9.47 Å². The van der Waals surface area contributed by atoms with Crippen LogP contribution in [0.3, 0.4) is 0 Å². The van der Waals surface area contributed by atoms with Gasteiger partial charge in [0, 0.05) is 6.42 Å². The van der Waals surface area contributed by atoms with Crippen molar-refractivity contribution >= 4 is 11.5 Å². The van der Waals surface area contributed by atoms with Gasteiger partial charge in [-0.05, 0) is 79.9 Å². The van der Waals surface area contributed by atoms with E-state index in [1.165, 1.54) is 86.3 Å². The zero-order valence-electron chi connectivity index (χ0n) is 21.2. The van der Waals surface area contributed by atoms with Crippen LogP contribution in [0.1, 0.15) is 93.7 Å². The van der Waals surface area contributed by atoms with Crippen molar-refractivity contribution in [2.75, 3.05) is 13.7 Å². The Kier molecular flexibility index (Phi) is 11.2. The lowest BCUT2D eigenvalue weighted by Gasteiger charge is -2.19. The number of rotatable bonds is 8. The third-order valence-electron chi connectivity index (χ3n) is 6.89. The molecule has 0 amide bonds. The standard InChI is InChI=1S/C31H42O3/c1-25-16-20-27(21-17-25)30-14-10-8-6-4-3-5-7-9-13-28(30)24-34-29-22-18-26(19-23-29)12-11-15-31(32)33-2/h16-23H,3-15,24H2,1-2H3/b30-28-. The highest BCUT2D eigenvalue weighted by molar-refractivity contribution is 5.69. The molecule has 0 bridgehead atoms. The number of esters is 1. The summed E-state index contributed by atoms with van der Waals surface area (Å²) in [5.41, 5.74) is 6.86. The van der Waals surface area contributed by atoms with Crippen molar-refractivity contribution < 1.29 is 14.3 Å². The minimum Gasteiger partial charge on any atom is -0.489 e. The fraction of sp³-hybridized carbons (Fsp3) is 0.516. The van der Waals surface area contributed by atoms with E-state index in [1.807, 2.05) is 0 Å². The van der Waals surface area contributed by atoms with Gasteiger partial charge >= 0.3 is 5.97 Å². The van der Waals surface area contributed by atoms with Gasteiger partial charge in [0.15, 0.2) is 0 Å². The van der Waals surface area contributed by atoms with Crippen LogP contribution in [0.25, 0.3) is 5.57 Å². The number of hydrogen-bond acceptors (Lipinski definition) is 3. The summed E-state index contributed by atoms with van der Waals surface area (Å²) in [4.78, 5) is 11.3. The molecule has 3 rings (SSSR count). The van der Waals surface area contributed by atoms with Crippen LogP contribution < -0.4 is 4.74 Å². The van der Waals surface area contributed by atoms with Crippen LogP contribution in [0.5, 0.6) is 5.75 Å². The maximum atomic E-state index is 11.3. The Labute approximate surface area is 206 Å². The molecule has 0 fully saturated rings. The zero-order chi connectivity index (χ0) is 24.0. The second-order valence-electron chi connectivity index (χ2n) is 9.64. The molecule has 0 saturated carbocycles. The van der Waals surface area contributed by atoms with Crippen LogP contribution >= 0.6 is 0 Å². The Hall–Kier alpha value is -2.55. The van der Waals surface area contributed by atoms with Crippen LogP contribution in [0.4, 0.5) is 0 Å². The summed E-state index contributed by atoms with van der Waals surface area (Å²) < 4.78 is 11.1. The molecule has 0 heterocycles. The van der Waals surface area contributed by atoms with E-state index in [4.69, 9.17) is 9.47 Å². The third-order valence-corrected chi connectivity index (χ3v) is 6.89. The second-order valence-corrected chi connectivity index (χ2v) is 9.64. The van der Waals surface area contributed by atoms with E-state index in [1.54, 1.807) is 0 Å². The molecule has 184 valence electrons. The van der Waals surface area contributed by atoms with Crippen LogP contribution in [0, 0.1) is 6.92 Å². The molecule has 0 aromatic heterocycles. The number of carbonyl (C=O) groups excluding carboxylic acids is 1. The number of hydrogen-bond donors (Lipinski definition) is 0. The molecule has 34 heavy (non-hydrogen) atoms. The first-order valence-corrected chi connectivity index (χ1v) is 13.2. The molecule has 3 nitrogen and oxygen atoms in total. The van der Waals surface area contributed by atoms with E-state index in [0.717, 1.165) is 31.4 Å². The number of allylic oxidation sites excluding steroid dienone is 1. The quantitative estimate of drug-likeness (QED) is 0.371. The van der Waals surface area contributed by atoms with Crippen molar-refractivity contribution in [3.8, 4) is 5.75 Å². The predicted molar refractivity (Wildman–Crippen MR) is 141 cm³/mol. The largest absolute Gasteiger partial charge is 0.489 e. The van der Waals surface area contributed by atoms with Crippen molar-refractivity contribution in [1.82, 2.24) is 0 Å². The summed E-state index contributed by atoms with van der Waals surface area (Å²) in [5.74, 6) is 0.772. The minimum absolute atomic E-state index is 0.144. The molecule has 1 aliphatic rings. The second kappa shape index (κ2) is 14.7. The van der Waals surface area contributed by atoms with Crippen molar-refractivity contribution in [3.05, 3.63) is 70.8 Å². The van der Waals surface area contributed by atoms with Gasteiger partial charge in [-0.3, -0.25) is 4.79 Å². The molecular weight excluding hydrogens is 420 g/mol. The monoisotopic (exact) mass is 462 g/mol. The Bertz CT molecular complexity index is 893. The Balaban J connectivity index is 1.70. The molecule has 3 heteroatoms. The van der Waals surface area contributed by atoms with E-state index < -0.39 is 0 Å². The Morgan fingerprint density at radius 1 is 0.794 bits per heavy atom. The highest BCUT2D eigenvalue weighted by atomic mass is 16.5. The average molecular weight is 463 g/mol. The molecule has 2 aromatic carbocycles. The van der Waals surface area contributed by atoms with E-state index in [9.17, 15) is 4.79 Å². The van der Waals surface area contributed by atoms with Crippen LogP contribution in [-0.4, -0.2) is 19.7 Å². The first-order chi connectivity index (χ1) is 16.7. The summed E-state index contributed by atoms with van der Waals surface area (Å²) in [5, 5.41) is 0. The zero-order valence-corrected chi connectivity index (χ0v) is 21.2. The van der Waals surface area contributed by atoms with Gasteiger partial charge in [0.1, 0.15) is 12.4 Å². The summed E-state index contributed by atoms with van der Waals surface area (Å²) in [6.45, 7) is 2.81. The maximum Gasteiger partial charge on any atom is 0.305 e. The van der Waals surface area contributed by atoms with Crippen molar-refractivity contribution in [1.29, 1.82) is 0 Å². The summed E-state index contributed by atoms with van der Waals surface area (Å²) >= 11 is 0. The van der Waals surface area contributed by atoms with E-state index >= 15 is 0 Å². The first-order valence-electron chi connectivity index (χ1n) is 13.2. The highest BCUT2D eigenvalue weighted by Crippen LogP contribution is 2.30. The van der Waals surface area contributed by atoms with Crippen LogP contribution in [-0.2, 0) is 16.0 Å². The Morgan fingerprint density at radius 3 is 2.06 bits per heavy atom. The summed E-state index contributed by atoms with van der Waals surface area (Å²) in [7, 11) is 1.44. The average Bonchev–Trinajstić information content (AvgIpc) is 2.85. The van der Waals surface area contributed by atoms with Gasteiger partial charge in [-0.15, -0.1) is 0 Å². The number of aryl methyl sites for hydroxylation is 2. The van der Waals surface area contributed by atoms with Gasteiger partial charge in [-0.2, -0.15) is 0 Å². The summed E-state index contributed by atoms with van der Waals surface area (Å²) in [6.07, 6.45) is 15.0. The first kappa shape index (κ1) is 26.1. The number of ether oxygens (including phenoxy) is 2. The number of methoxy groups -OCH3 is 1. The van der Waals surface area contributed by atoms with Crippen molar-refractivity contribution in [2.24, 2.45) is 0 Å². The SMILES string of the molecule is COC(=O)CCCc1ccc(OC/C2=C(\c3ccc(C)cc3)CCCCCCCCCC2)cc1. The lowest BCUT2D eigenvalue weighted by atomic mass is 9.90. The maximum absolute atomic E-state index is 11.3. The predicted octanol–water partition coefficient (Wildman–Crippen LogP) is 8.24. The molecule has 0 N–H and O–H groups in total. The number of benzene rings is 2. The number of carbonyl (C=O) groups is 1. The van der Waals surface area contributed by atoms with E-state index in [0.29, 0.717) is 13.0 Å². The van der Waals surface area contributed by atoms with Gasteiger partial charge in [-0.1, -0.05) is 80.5 Å². The fourth-order valence-electron chi connectivity index (χ4n) is 4.75. The van der Waals surface area contributed by atoms with Crippen molar-refractivity contribution in [2.45, 2.75) is 90.4 Å². The fourth-order valence-corrected chi connectivity index (χ4v) is 4.75. The molecule has 0 aliphatic heterocycles. The lowest BCUT2D eigenvalue weighted by Crippen LogP contribution is -2.06. The molecule has 0 atom stereocenters. The van der Waals surface area contributed by atoms with Gasteiger partial charge in [-0.25, -0.2) is 0 Å². The highest BCUT2D eigenvalue weighted by Gasteiger charge is 2.12. The van der Waals surface area contributed by atoms with Gasteiger partial charge in [0.25, 0.3) is 0 Å². The molecule has 2 aromatic rings. The topological polar surface area (TPSA) is 35.5 Å². The molecular formula is C31H42O3. The smallest absolute Gasteiger partial charge is 0.305 e. The molecule has 0 radical (unpaired) electrons. The van der Waals surface area contributed by atoms with Gasteiger partial charge in [0.2, 0.25) is 0 Å². The van der Waals surface area contributed by atoms with Crippen LogP contribution in [0.2, 0.25) is 0 Å². The van der Waals surface area contributed by atoms with E-state index in [2.05, 4.69) is 55.5 Å². The van der Waals surface area contributed by atoms with E-state index in [-0.39, 0.29) is 5.97 Å². The Morgan fingerprint density at radius 2 is 1.41 bits per heavy atom. The van der Waals surface area contributed by atoms with Crippen LogP contribution in [0.15, 0.2) is 54.1 Å². The minimum atomic E-state index is -0.144. The summed E-state index contributed by atoms with van der Waals surface area (Å²) in [6, 6.07) is 17.4.